The number of alkyl carbamates (subject to hydrolysis) is 1. The minimum absolute atomic E-state index is 0.182. The maximum atomic E-state index is 11.5. The average molecular weight is 296 g/mol. The Morgan fingerprint density at radius 2 is 2.05 bits per heavy atom. The molecular formula is C14H24N4O3. The van der Waals surface area contributed by atoms with E-state index in [2.05, 4.69) is 20.4 Å². The number of ether oxygens (including phenoxy) is 1. The van der Waals surface area contributed by atoms with Crippen molar-refractivity contribution in [3.8, 4) is 0 Å². The highest BCUT2D eigenvalue weighted by Crippen LogP contribution is 2.11. The number of nitrogens with one attached hydrogen (secondary N) is 1. The summed E-state index contributed by atoms with van der Waals surface area (Å²) in [4.78, 5) is 18.1. The van der Waals surface area contributed by atoms with Crippen LogP contribution >= 0.6 is 0 Å². The number of carbonyl (C=O) groups is 1. The summed E-state index contributed by atoms with van der Waals surface area (Å²) in [5.41, 5.74) is -0.516. The largest absolute Gasteiger partial charge is 0.444 e. The molecule has 0 radical (unpaired) electrons. The Morgan fingerprint density at radius 3 is 2.71 bits per heavy atom. The van der Waals surface area contributed by atoms with E-state index < -0.39 is 11.7 Å². The van der Waals surface area contributed by atoms with E-state index in [-0.39, 0.29) is 6.54 Å². The third-order valence-electron chi connectivity index (χ3n) is 3.11. The lowest BCUT2D eigenvalue weighted by Gasteiger charge is -2.24. The minimum atomic E-state index is -0.516. The van der Waals surface area contributed by atoms with Gasteiger partial charge in [0, 0.05) is 0 Å². The van der Waals surface area contributed by atoms with Gasteiger partial charge in [0.1, 0.15) is 12.1 Å². The lowest BCUT2D eigenvalue weighted by atomic mass is 10.1. The van der Waals surface area contributed by atoms with Crippen LogP contribution in [0.25, 0.3) is 0 Å². The van der Waals surface area contributed by atoms with Crippen molar-refractivity contribution in [3.63, 3.8) is 0 Å². The number of amides is 1. The van der Waals surface area contributed by atoms with E-state index in [1.54, 1.807) is 0 Å². The monoisotopic (exact) mass is 296 g/mol. The molecule has 1 saturated heterocycles. The van der Waals surface area contributed by atoms with Gasteiger partial charge < -0.3 is 14.6 Å². The summed E-state index contributed by atoms with van der Waals surface area (Å²) in [5.74, 6) is 1.06. The highest BCUT2D eigenvalue weighted by atomic mass is 16.6. The summed E-state index contributed by atoms with van der Waals surface area (Å²) in [6.45, 7) is 8.50. The zero-order valence-electron chi connectivity index (χ0n) is 13.0. The van der Waals surface area contributed by atoms with Gasteiger partial charge in [-0.25, -0.2) is 4.79 Å². The Bertz CT molecular complexity index is 461. The summed E-state index contributed by atoms with van der Waals surface area (Å²) >= 11 is 0. The Balaban J connectivity index is 1.76. The van der Waals surface area contributed by atoms with Gasteiger partial charge in [-0.3, -0.25) is 4.90 Å². The van der Waals surface area contributed by atoms with Gasteiger partial charge in [-0.15, -0.1) is 0 Å². The molecule has 0 aromatic carbocycles. The molecule has 2 heterocycles. The van der Waals surface area contributed by atoms with Gasteiger partial charge in [0.05, 0.1) is 6.54 Å². The second-order valence-electron chi connectivity index (χ2n) is 6.30. The van der Waals surface area contributed by atoms with E-state index in [9.17, 15) is 4.79 Å². The molecular weight excluding hydrogens is 272 g/mol. The maximum Gasteiger partial charge on any atom is 0.408 e. The predicted octanol–water partition coefficient (Wildman–Crippen LogP) is 2.08. The molecule has 1 aliphatic heterocycles. The van der Waals surface area contributed by atoms with E-state index in [1.165, 1.54) is 19.3 Å². The highest BCUT2D eigenvalue weighted by molar-refractivity contribution is 5.67. The van der Waals surface area contributed by atoms with Crippen LogP contribution in [0.2, 0.25) is 0 Å². The maximum absolute atomic E-state index is 11.5. The molecule has 0 unspecified atom stereocenters. The van der Waals surface area contributed by atoms with Crippen molar-refractivity contribution < 1.29 is 14.1 Å². The molecule has 1 aliphatic rings. The first-order chi connectivity index (χ1) is 9.92. The SMILES string of the molecule is CC(C)(C)OC(=O)NCc1nc(CN2CCCCC2)no1. The van der Waals surface area contributed by atoms with Crippen LogP contribution in [0.4, 0.5) is 4.79 Å². The zero-order valence-corrected chi connectivity index (χ0v) is 13.0. The van der Waals surface area contributed by atoms with Crippen LogP contribution in [0, 0.1) is 0 Å². The van der Waals surface area contributed by atoms with E-state index in [4.69, 9.17) is 9.26 Å². The van der Waals surface area contributed by atoms with Crippen LogP contribution in [0.15, 0.2) is 4.52 Å². The van der Waals surface area contributed by atoms with Gasteiger partial charge in [-0.05, 0) is 46.7 Å². The number of nitrogens with zero attached hydrogens (tertiary/aromatic N) is 3. The number of rotatable bonds is 4. The molecule has 1 fully saturated rings. The molecule has 21 heavy (non-hydrogen) atoms. The number of carbonyl (C=O) groups excluding carboxylic acids is 1. The van der Waals surface area contributed by atoms with Gasteiger partial charge in [-0.1, -0.05) is 11.6 Å². The number of piperidine rings is 1. The third kappa shape index (κ3) is 5.71. The number of hydrogen-bond donors (Lipinski definition) is 1. The Kier molecular flexibility index (Phi) is 5.17. The quantitative estimate of drug-likeness (QED) is 0.916. The van der Waals surface area contributed by atoms with Gasteiger partial charge in [-0.2, -0.15) is 4.98 Å². The summed E-state index contributed by atoms with van der Waals surface area (Å²) in [7, 11) is 0. The van der Waals surface area contributed by atoms with E-state index >= 15 is 0 Å². The van der Waals surface area contributed by atoms with E-state index in [0.29, 0.717) is 18.3 Å². The lowest BCUT2D eigenvalue weighted by molar-refractivity contribution is 0.0518. The van der Waals surface area contributed by atoms with E-state index in [1.807, 2.05) is 20.8 Å². The van der Waals surface area contributed by atoms with E-state index in [0.717, 1.165) is 13.1 Å². The van der Waals surface area contributed by atoms with Crippen LogP contribution in [-0.2, 0) is 17.8 Å². The van der Waals surface area contributed by atoms with Crippen LogP contribution in [-0.4, -0.2) is 39.8 Å². The van der Waals surface area contributed by atoms with Crippen molar-refractivity contribution >= 4 is 6.09 Å². The van der Waals surface area contributed by atoms with Crippen molar-refractivity contribution in [2.24, 2.45) is 0 Å². The van der Waals surface area contributed by atoms with Gasteiger partial charge in [0.2, 0.25) is 5.89 Å². The molecule has 118 valence electrons. The zero-order chi connectivity index (χ0) is 15.3. The molecule has 0 bridgehead atoms. The molecule has 1 amide bonds. The van der Waals surface area contributed by atoms with Crippen molar-refractivity contribution in [1.29, 1.82) is 0 Å². The fourth-order valence-electron chi connectivity index (χ4n) is 2.21. The fraction of sp³-hybridized carbons (Fsp3) is 0.786. The minimum Gasteiger partial charge on any atom is -0.444 e. The van der Waals surface area contributed by atoms with Crippen LogP contribution in [0.5, 0.6) is 0 Å². The van der Waals surface area contributed by atoms with Gasteiger partial charge in [0.25, 0.3) is 0 Å². The summed E-state index contributed by atoms with van der Waals surface area (Å²) in [6.07, 6.45) is 3.27. The molecule has 2 rings (SSSR count). The summed E-state index contributed by atoms with van der Waals surface area (Å²) in [5, 5.41) is 6.54. The molecule has 1 N–H and O–H groups in total. The second-order valence-corrected chi connectivity index (χ2v) is 6.30. The standard InChI is InChI=1S/C14H24N4O3/c1-14(2,3)20-13(19)15-9-12-16-11(17-21-12)10-18-7-5-4-6-8-18/h4-10H2,1-3H3,(H,15,19). The highest BCUT2D eigenvalue weighted by Gasteiger charge is 2.17. The lowest BCUT2D eigenvalue weighted by Crippen LogP contribution is -2.32. The first-order valence-corrected chi connectivity index (χ1v) is 7.43. The average Bonchev–Trinajstić information content (AvgIpc) is 2.83. The number of likely N-dealkylation sites (tertiary alicyclic amines) is 1. The topological polar surface area (TPSA) is 80.5 Å². The van der Waals surface area contributed by atoms with Gasteiger partial charge in [0.15, 0.2) is 5.82 Å². The van der Waals surface area contributed by atoms with Crippen molar-refractivity contribution in [2.75, 3.05) is 13.1 Å². The predicted molar refractivity (Wildman–Crippen MR) is 76.5 cm³/mol. The van der Waals surface area contributed by atoms with Gasteiger partial charge >= 0.3 is 6.09 Å². The number of hydrogen-bond acceptors (Lipinski definition) is 6. The molecule has 7 heteroatoms. The van der Waals surface area contributed by atoms with Crippen molar-refractivity contribution in [2.45, 2.75) is 58.7 Å². The Labute approximate surface area is 125 Å². The normalized spacial score (nSPS) is 16.7. The van der Waals surface area contributed by atoms with Crippen LogP contribution in [0.1, 0.15) is 51.7 Å². The first kappa shape index (κ1) is 15.8. The summed E-state index contributed by atoms with van der Waals surface area (Å²) < 4.78 is 10.3. The van der Waals surface area contributed by atoms with Crippen LogP contribution in [0.3, 0.4) is 0 Å². The van der Waals surface area contributed by atoms with Crippen molar-refractivity contribution in [1.82, 2.24) is 20.4 Å². The molecule has 1 aromatic rings. The molecule has 7 nitrogen and oxygen atoms in total. The molecule has 0 aliphatic carbocycles. The molecule has 0 saturated carbocycles. The fourth-order valence-corrected chi connectivity index (χ4v) is 2.21. The first-order valence-electron chi connectivity index (χ1n) is 7.43. The molecule has 0 atom stereocenters. The third-order valence-corrected chi connectivity index (χ3v) is 3.11. The Morgan fingerprint density at radius 1 is 1.33 bits per heavy atom. The number of aromatic nitrogens is 2. The van der Waals surface area contributed by atoms with Crippen LogP contribution < -0.4 is 5.32 Å². The van der Waals surface area contributed by atoms with Crippen molar-refractivity contribution in [3.05, 3.63) is 11.7 Å². The molecule has 1 aromatic heterocycles. The summed E-state index contributed by atoms with van der Waals surface area (Å²) in [6, 6.07) is 0. The smallest absolute Gasteiger partial charge is 0.408 e. The second kappa shape index (κ2) is 6.89. The molecule has 0 spiro atoms. The Hall–Kier alpha value is -1.63.